The van der Waals surface area contributed by atoms with E-state index in [1.165, 1.54) is 5.01 Å². The standard InChI is InChI=1S/C20H21ClN2O3/c1-20(2,3)26-19(25)23-18(15-6-4-5-7-16(15)21)12-17(22-23)13-8-10-14(24)11-9-13/h4-11,18,24H,12H2,1-3H3/t18-/m0/s1. The van der Waals surface area contributed by atoms with Gasteiger partial charge in [0.15, 0.2) is 0 Å². The van der Waals surface area contributed by atoms with Gasteiger partial charge in [0, 0.05) is 11.4 Å². The molecule has 0 spiro atoms. The average molecular weight is 373 g/mol. The number of benzene rings is 2. The Bertz CT molecular complexity index is 841. The molecule has 1 heterocycles. The second-order valence-corrected chi connectivity index (χ2v) is 7.57. The summed E-state index contributed by atoms with van der Waals surface area (Å²) < 4.78 is 5.51. The molecule has 26 heavy (non-hydrogen) atoms. The van der Waals surface area contributed by atoms with Crippen molar-refractivity contribution in [1.82, 2.24) is 5.01 Å². The fourth-order valence-electron chi connectivity index (χ4n) is 2.80. The highest BCUT2D eigenvalue weighted by molar-refractivity contribution is 6.31. The Morgan fingerprint density at radius 1 is 1.19 bits per heavy atom. The molecule has 1 aliphatic heterocycles. The van der Waals surface area contributed by atoms with Gasteiger partial charge in [-0.3, -0.25) is 0 Å². The van der Waals surface area contributed by atoms with E-state index < -0.39 is 11.7 Å². The van der Waals surface area contributed by atoms with Crippen molar-refractivity contribution < 1.29 is 14.6 Å². The second kappa shape index (κ2) is 7.00. The molecule has 2 aromatic rings. The zero-order chi connectivity index (χ0) is 18.9. The largest absolute Gasteiger partial charge is 0.508 e. The van der Waals surface area contributed by atoms with Gasteiger partial charge >= 0.3 is 6.09 Å². The van der Waals surface area contributed by atoms with E-state index in [1.807, 2.05) is 39.0 Å². The number of halogens is 1. The Hall–Kier alpha value is -2.53. The fraction of sp³-hybridized carbons (Fsp3) is 0.300. The molecule has 1 amide bonds. The second-order valence-electron chi connectivity index (χ2n) is 7.16. The van der Waals surface area contributed by atoms with E-state index in [1.54, 1.807) is 30.3 Å². The molecule has 3 rings (SSSR count). The lowest BCUT2D eigenvalue weighted by molar-refractivity contribution is 0.0195. The summed E-state index contributed by atoms with van der Waals surface area (Å²) in [7, 11) is 0. The maximum absolute atomic E-state index is 12.7. The van der Waals surface area contributed by atoms with Gasteiger partial charge in [0.1, 0.15) is 11.4 Å². The first-order valence-electron chi connectivity index (χ1n) is 8.38. The van der Waals surface area contributed by atoms with Gasteiger partial charge in [-0.05, 0) is 62.2 Å². The van der Waals surface area contributed by atoms with Crippen LogP contribution < -0.4 is 0 Å². The van der Waals surface area contributed by atoms with Crippen LogP contribution in [0.3, 0.4) is 0 Å². The predicted octanol–water partition coefficient (Wildman–Crippen LogP) is 5.13. The number of phenols is 1. The maximum atomic E-state index is 12.7. The third kappa shape index (κ3) is 3.99. The van der Waals surface area contributed by atoms with Crippen LogP contribution in [0.15, 0.2) is 53.6 Å². The molecule has 1 N–H and O–H groups in total. The molecule has 1 aliphatic rings. The molecule has 0 radical (unpaired) electrons. The van der Waals surface area contributed by atoms with Crippen molar-refractivity contribution >= 4 is 23.4 Å². The van der Waals surface area contributed by atoms with Crippen molar-refractivity contribution in [2.75, 3.05) is 0 Å². The number of amides is 1. The fourth-order valence-corrected chi connectivity index (χ4v) is 3.07. The van der Waals surface area contributed by atoms with Crippen molar-refractivity contribution in [2.24, 2.45) is 5.10 Å². The minimum atomic E-state index is -0.626. The molecule has 6 heteroatoms. The van der Waals surface area contributed by atoms with E-state index >= 15 is 0 Å². The molecule has 0 saturated carbocycles. The summed E-state index contributed by atoms with van der Waals surface area (Å²) in [5.74, 6) is 0.180. The predicted molar refractivity (Wildman–Crippen MR) is 102 cm³/mol. The van der Waals surface area contributed by atoms with Crippen LogP contribution in [0.5, 0.6) is 5.75 Å². The van der Waals surface area contributed by atoms with Gasteiger partial charge in [-0.25, -0.2) is 4.79 Å². The van der Waals surface area contributed by atoms with Gasteiger partial charge in [0.05, 0.1) is 11.8 Å². The zero-order valence-electron chi connectivity index (χ0n) is 14.9. The summed E-state index contributed by atoms with van der Waals surface area (Å²) in [6.45, 7) is 5.45. The number of phenolic OH excluding ortho intramolecular Hbond substituents is 1. The summed E-state index contributed by atoms with van der Waals surface area (Å²) in [6, 6.07) is 13.8. The van der Waals surface area contributed by atoms with E-state index in [2.05, 4.69) is 5.10 Å². The number of aromatic hydroxyl groups is 1. The van der Waals surface area contributed by atoms with Crippen molar-refractivity contribution in [3.05, 3.63) is 64.7 Å². The quantitative estimate of drug-likeness (QED) is 0.794. The monoisotopic (exact) mass is 372 g/mol. The summed E-state index contributed by atoms with van der Waals surface area (Å²) in [5, 5.41) is 15.9. The average Bonchev–Trinajstić information content (AvgIpc) is 2.99. The number of ether oxygens (including phenoxy) is 1. The van der Waals surface area contributed by atoms with E-state index in [-0.39, 0.29) is 11.8 Å². The third-order valence-electron chi connectivity index (χ3n) is 3.96. The molecular formula is C20H21ClN2O3. The first kappa shape index (κ1) is 18.3. The van der Waals surface area contributed by atoms with Gasteiger partial charge in [-0.2, -0.15) is 10.1 Å². The SMILES string of the molecule is CC(C)(C)OC(=O)N1N=C(c2ccc(O)cc2)C[C@H]1c1ccccc1Cl. The molecule has 0 saturated heterocycles. The van der Waals surface area contributed by atoms with Crippen LogP contribution in [0.1, 0.15) is 44.4 Å². The number of hydrazone groups is 1. The number of hydrogen-bond donors (Lipinski definition) is 1. The number of rotatable bonds is 2. The molecule has 0 aliphatic carbocycles. The Kier molecular flexibility index (Phi) is 4.92. The zero-order valence-corrected chi connectivity index (χ0v) is 15.7. The number of carbonyl (C=O) groups excluding carboxylic acids is 1. The number of carbonyl (C=O) groups is 1. The lowest BCUT2D eigenvalue weighted by Gasteiger charge is -2.26. The molecule has 0 bridgehead atoms. The van der Waals surface area contributed by atoms with Crippen LogP contribution in [0.2, 0.25) is 5.02 Å². The number of nitrogens with zero attached hydrogens (tertiary/aromatic N) is 2. The molecular weight excluding hydrogens is 352 g/mol. The molecule has 2 aromatic carbocycles. The van der Waals surface area contributed by atoms with Crippen LogP contribution in [-0.4, -0.2) is 27.5 Å². The topological polar surface area (TPSA) is 62.1 Å². The molecule has 0 fully saturated rings. The van der Waals surface area contributed by atoms with E-state index in [0.29, 0.717) is 11.4 Å². The lowest BCUT2D eigenvalue weighted by Crippen LogP contribution is -2.34. The molecule has 136 valence electrons. The van der Waals surface area contributed by atoms with Crippen LogP contribution in [0.4, 0.5) is 4.79 Å². The van der Waals surface area contributed by atoms with Gasteiger partial charge in [-0.1, -0.05) is 29.8 Å². The normalized spacial score (nSPS) is 17.2. The molecule has 0 unspecified atom stereocenters. The summed E-state index contributed by atoms with van der Waals surface area (Å²) >= 11 is 6.36. The highest BCUT2D eigenvalue weighted by Gasteiger charge is 2.36. The Morgan fingerprint density at radius 2 is 1.85 bits per heavy atom. The third-order valence-corrected chi connectivity index (χ3v) is 4.30. The Morgan fingerprint density at radius 3 is 2.46 bits per heavy atom. The Labute approximate surface area is 157 Å². The first-order valence-corrected chi connectivity index (χ1v) is 8.76. The van der Waals surface area contributed by atoms with Crippen molar-refractivity contribution in [3.8, 4) is 5.75 Å². The highest BCUT2D eigenvalue weighted by atomic mass is 35.5. The van der Waals surface area contributed by atoms with E-state index in [0.717, 1.165) is 16.8 Å². The van der Waals surface area contributed by atoms with Crippen molar-refractivity contribution in [1.29, 1.82) is 0 Å². The first-order chi connectivity index (χ1) is 12.2. The molecule has 5 nitrogen and oxygen atoms in total. The van der Waals surface area contributed by atoms with Crippen molar-refractivity contribution in [3.63, 3.8) is 0 Å². The van der Waals surface area contributed by atoms with Crippen LogP contribution >= 0.6 is 11.6 Å². The highest BCUT2D eigenvalue weighted by Crippen LogP contribution is 2.37. The minimum absolute atomic E-state index is 0.180. The summed E-state index contributed by atoms with van der Waals surface area (Å²) in [5.41, 5.74) is 1.77. The van der Waals surface area contributed by atoms with E-state index in [9.17, 15) is 9.90 Å². The van der Waals surface area contributed by atoms with Crippen molar-refractivity contribution in [2.45, 2.75) is 38.8 Å². The van der Waals surface area contributed by atoms with Gasteiger partial charge < -0.3 is 9.84 Å². The minimum Gasteiger partial charge on any atom is -0.508 e. The lowest BCUT2D eigenvalue weighted by atomic mass is 9.98. The Balaban J connectivity index is 1.97. The number of hydrogen-bond acceptors (Lipinski definition) is 4. The van der Waals surface area contributed by atoms with Crippen LogP contribution in [0.25, 0.3) is 0 Å². The van der Waals surface area contributed by atoms with E-state index in [4.69, 9.17) is 16.3 Å². The molecule has 0 aromatic heterocycles. The van der Waals surface area contributed by atoms with Gasteiger partial charge in [0.2, 0.25) is 0 Å². The smallest absolute Gasteiger partial charge is 0.431 e. The maximum Gasteiger partial charge on any atom is 0.431 e. The summed E-state index contributed by atoms with van der Waals surface area (Å²) in [6.07, 6.45) is -0.00972. The van der Waals surface area contributed by atoms with Gasteiger partial charge in [-0.15, -0.1) is 0 Å². The van der Waals surface area contributed by atoms with Gasteiger partial charge in [0.25, 0.3) is 0 Å². The van der Waals surface area contributed by atoms with Crippen LogP contribution in [0, 0.1) is 0 Å². The van der Waals surface area contributed by atoms with Crippen LogP contribution in [-0.2, 0) is 4.74 Å². The molecule has 1 atom stereocenters. The summed E-state index contributed by atoms with van der Waals surface area (Å²) in [4.78, 5) is 12.7.